The Morgan fingerprint density at radius 1 is 1.60 bits per heavy atom. The maximum absolute atomic E-state index is 11.9. The molecule has 0 radical (unpaired) electrons. The molecule has 0 aliphatic carbocycles. The summed E-state index contributed by atoms with van der Waals surface area (Å²) in [4.78, 5) is 13.5. The van der Waals surface area contributed by atoms with Crippen molar-refractivity contribution >= 4 is 5.91 Å². The van der Waals surface area contributed by atoms with Gasteiger partial charge in [-0.1, -0.05) is 0 Å². The van der Waals surface area contributed by atoms with Gasteiger partial charge in [0.05, 0.1) is 12.1 Å². The summed E-state index contributed by atoms with van der Waals surface area (Å²) in [7, 11) is 1.78. The van der Waals surface area contributed by atoms with E-state index in [2.05, 4.69) is 10.6 Å². The number of carbonyl (C=O) groups is 1. The number of piperazine rings is 1. The van der Waals surface area contributed by atoms with Crippen molar-refractivity contribution in [1.82, 2.24) is 15.5 Å². The molecule has 0 aromatic rings. The zero-order valence-electron chi connectivity index (χ0n) is 9.49. The molecule has 1 fully saturated rings. The fourth-order valence-electron chi connectivity index (χ4n) is 1.58. The van der Waals surface area contributed by atoms with Gasteiger partial charge in [-0.15, -0.1) is 0 Å². The third-order valence-electron chi connectivity index (χ3n) is 2.60. The summed E-state index contributed by atoms with van der Waals surface area (Å²) in [6, 6.07) is -0.113. The first-order valence-electron chi connectivity index (χ1n) is 5.48. The van der Waals surface area contributed by atoms with Crippen LogP contribution in [-0.2, 0) is 4.79 Å². The zero-order valence-corrected chi connectivity index (χ0v) is 9.49. The smallest absolute Gasteiger partial charge is 0.240 e. The summed E-state index contributed by atoms with van der Waals surface area (Å²) >= 11 is 0. The zero-order chi connectivity index (χ0) is 11.3. The third kappa shape index (κ3) is 4.15. The van der Waals surface area contributed by atoms with Crippen molar-refractivity contribution in [3.05, 3.63) is 0 Å². The number of nitrogens with one attached hydrogen (secondary N) is 2. The summed E-state index contributed by atoms with van der Waals surface area (Å²) in [5.41, 5.74) is 0. The van der Waals surface area contributed by atoms with E-state index in [-0.39, 0.29) is 18.1 Å². The molecule has 1 aliphatic heterocycles. The Bertz CT molecular complexity index is 203. The van der Waals surface area contributed by atoms with Gasteiger partial charge in [-0.25, -0.2) is 0 Å². The molecule has 5 heteroatoms. The number of carbonyl (C=O) groups excluding carboxylic acids is 1. The average Bonchev–Trinajstić information content (AvgIpc) is 2.26. The summed E-state index contributed by atoms with van der Waals surface area (Å²) in [6.45, 7) is 4.78. The Morgan fingerprint density at radius 2 is 2.33 bits per heavy atom. The second-order valence-corrected chi connectivity index (χ2v) is 4.11. The highest BCUT2D eigenvalue weighted by Gasteiger charge is 2.23. The fourth-order valence-corrected chi connectivity index (χ4v) is 1.58. The lowest BCUT2D eigenvalue weighted by Crippen LogP contribution is -2.56. The fraction of sp³-hybridized carbons (Fsp3) is 0.900. The van der Waals surface area contributed by atoms with Crippen LogP contribution in [0.25, 0.3) is 0 Å². The van der Waals surface area contributed by atoms with Gasteiger partial charge in [-0.3, -0.25) is 4.79 Å². The molecule has 1 heterocycles. The van der Waals surface area contributed by atoms with Crippen molar-refractivity contribution < 1.29 is 9.90 Å². The molecule has 1 amide bonds. The molecule has 0 spiro atoms. The van der Waals surface area contributed by atoms with E-state index in [1.54, 1.807) is 18.9 Å². The van der Waals surface area contributed by atoms with Gasteiger partial charge in [0.25, 0.3) is 0 Å². The topological polar surface area (TPSA) is 64.6 Å². The lowest BCUT2D eigenvalue weighted by atomic mass is 10.2. The predicted octanol–water partition coefficient (Wildman–Crippen LogP) is -1.22. The van der Waals surface area contributed by atoms with E-state index in [0.717, 1.165) is 13.1 Å². The number of likely N-dealkylation sites (N-methyl/N-ethyl adjacent to an activating group) is 1. The van der Waals surface area contributed by atoms with Crippen LogP contribution in [0.1, 0.15) is 13.3 Å². The number of aliphatic hydroxyl groups is 1. The van der Waals surface area contributed by atoms with Crippen molar-refractivity contribution in [1.29, 1.82) is 0 Å². The molecular formula is C10H21N3O2. The highest BCUT2D eigenvalue weighted by atomic mass is 16.3. The van der Waals surface area contributed by atoms with Crippen molar-refractivity contribution in [2.45, 2.75) is 25.5 Å². The Labute approximate surface area is 90.8 Å². The van der Waals surface area contributed by atoms with Crippen molar-refractivity contribution in [3.8, 4) is 0 Å². The molecule has 0 aromatic heterocycles. The Balaban J connectivity index is 2.30. The first kappa shape index (κ1) is 12.4. The highest BCUT2D eigenvalue weighted by molar-refractivity contribution is 5.82. The lowest BCUT2D eigenvalue weighted by molar-refractivity contribution is -0.132. The largest absolute Gasteiger partial charge is 0.393 e. The second kappa shape index (κ2) is 6.05. The van der Waals surface area contributed by atoms with Crippen molar-refractivity contribution in [2.24, 2.45) is 0 Å². The van der Waals surface area contributed by atoms with Gasteiger partial charge in [0.2, 0.25) is 5.91 Å². The first-order valence-corrected chi connectivity index (χ1v) is 5.48. The number of amides is 1. The predicted molar refractivity (Wildman–Crippen MR) is 58.6 cm³/mol. The van der Waals surface area contributed by atoms with E-state index in [9.17, 15) is 4.79 Å². The van der Waals surface area contributed by atoms with E-state index in [1.165, 1.54) is 0 Å². The molecule has 1 rings (SSSR count). The number of nitrogens with zero attached hydrogens (tertiary/aromatic N) is 1. The SMILES string of the molecule is CC(O)CCN(C)C(=O)C1CNCCN1. The average molecular weight is 215 g/mol. The maximum Gasteiger partial charge on any atom is 0.240 e. The van der Waals surface area contributed by atoms with Crippen LogP contribution in [0.2, 0.25) is 0 Å². The summed E-state index contributed by atoms with van der Waals surface area (Å²) in [5, 5.41) is 15.5. The van der Waals surface area contributed by atoms with Crippen LogP contribution in [0.3, 0.4) is 0 Å². The molecule has 5 nitrogen and oxygen atoms in total. The van der Waals surface area contributed by atoms with Gasteiger partial charge in [-0.2, -0.15) is 0 Å². The van der Waals surface area contributed by atoms with Gasteiger partial charge < -0.3 is 20.6 Å². The lowest BCUT2D eigenvalue weighted by Gasteiger charge is -2.28. The molecule has 2 unspecified atom stereocenters. The van der Waals surface area contributed by atoms with Crippen LogP contribution in [0, 0.1) is 0 Å². The van der Waals surface area contributed by atoms with Crippen molar-refractivity contribution in [3.63, 3.8) is 0 Å². The van der Waals surface area contributed by atoms with Gasteiger partial charge in [0.1, 0.15) is 0 Å². The van der Waals surface area contributed by atoms with E-state index >= 15 is 0 Å². The maximum atomic E-state index is 11.9. The number of aliphatic hydroxyl groups excluding tert-OH is 1. The van der Waals surface area contributed by atoms with E-state index in [1.807, 2.05) is 0 Å². The third-order valence-corrected chi connectivity index (χ3v) is 2.60. The minimum atomic E-state index is -0.349. The van der Waals surface area contributed by atoms with Crippen LogP contribution in [0.15, 0.2) is 0 Å². The normalized spacial score (nSPS) is 23.5. The summed E-state index contributed by atoms with van der Waals surface area (Å²) < 4.78 is 0. The van der Waals surface area contributed by atoms with E-state index in [0.29, 0.717) is 19.5 Å². The molecule has 0 aromatic carbocycles. The molecule has 1 aliphatic rings. The van der Waals surface area contributed by atoms with Gasteiger partial charge in [-0.05, 0) is 13.3 Å². The van der Waals surface area contributed by atoms with Crippen LogP contribution in [0.5, 0.6) is 0 Å². The monoisotopic (exact) mass is 215 g/mol. The summed E-state index contributed by atoms with van der Waals surface area (Å²) in [6.07, 6.45) is 0.278. The molecule has 0 bridgehead atoms. The Hall–Kier alpha value is -0.650. The molecule has 88 valence electrons. The van der Waals surface area contributed by atoms with Crippen LogP contribution in [0.4, 0.5) is 0 Å². The Morgan fingerprint density at radius 3 is 2.87 bits per heavy atom. The first-order chi connectivity index (χ1) is 7.11. The van der Waals surface area contributed by atoms with Crippen molar-refractivity contribution in [2.75, 3.05) is 33.2 Å². The highest BCUT2D eigenvalue weighted by Crippen LogP contribution is 1.98. The van der Waals surface area contributed by atoms with Gasteiger partial charge in [0, 0.05) is 33.2 Å². The summed E-state index contributed by atoms with van der Waals surface area (Å²) in [5.74, 6) is 0.0999. The minimum absolute atomic E-state index is 0.0999. The number of rotatable bonds is 4. The number of hydrogen-bond donors (Lipinski definition) is 3. The molecular weight excluding hydrogens is 194 g/mol. The van der Waals surface area contributed by atoms with Crippen LogP contribution in [-0.4, -0.2) is 61.3 Å². The quantitative estimate of drug-likeness (QED) is 0.550. The second-order valence-electron chi connectivity index (χ2n) is 4.11. The van der Waals surface area contributed by atoms with E-state index in [4.69, 9.17) is 5.11 Å². The van der Waals surface area contributed by atoms with Crippen LogP contribution >= 0.6 is 0 Å². The van der Waals surface area contributed by atoms with E-state index < -0.39 is 0 Å². The Kier molecular flexibility index (Phi) is 5.01. The molecule has 3 N–H and O–H groups in total. The van der Waals surface area contributed by atoms with Gasteiger partial charge in [0.15, 0.2) is 0 Å². The molecule has 2 atom stereocenters. The molecule has 0 saturated carbocycles. The van der Waals surface area contributed by atoms with Crippen LogP contribution < -0.4 is 10.6 Å². The standard InChI is InChI=1S/C10H21N3O2/c1-8(14)3-6-13(2)10(15)9-7-11-4-5-12-9/h8-9,11-12,14H,3-7H2,1-2H3. The molecule has 15 heavy (non-hydrogen) atoms. The minimum Gasteiger partial charge on any atom is -0.393 e. The number of hydrogen-bond acceptors (Lipinski definition) is 4. The molecule has 1 saturated heterocycles. The van der Waals surface area contributed by atoms with Gasteiger partial charge >= 0.3 is 0 Å².